The first-order valence-electron chi connectivity index (χ1n) is 7.73. The van der Waals surface area contributed by atoms with E-state index in [0.29, 0.717) is 38.8 Å². The highest BCUT2D eigenvalue weighted by atomic mass is 32.2. The van der Waals surface area contributed by atoms with Gasteiger partial charge in [-0.3, -0.25) is 4.98 Å². The van der Waals surface area contributed by atoms with Gasteiger partial charge in [-0.2, -0.15) is 18.4 Å². The summed E-state index contributed by atoms with van der Waals surface area (Å²) in [6.45, 7) is 0.295. The lowest BCUT2D eigenvalue weighted by atomic mass is 10.2. The summed E-state index contributed by atoms with van der Waals surface area (Å²) >= 11 is 1.29. The number of alkyl halides is 3. The Bertz CT molecular complexity index is 1030. The molecule has 2 heterocycles. The molecule has 3 rings (SSSR count). The van der Waals surface area contributed by atoms with Crippen LogP contribution in [0.15, 0.2) is 35.6 Å². The molecule has 140 valence electrons. The summed E-state index contributed by atoms with van der Waals surface area (Å²) in [6.07, 6.45) is -3.00. The van der Waals surface area contributed by atoms with Crippen LogP contribution in [-0.4, -0.2) is 27.4 Å². The summed E-state index contributed by atoms with van der Waals surface area (Å²) in [7, 11) is 0. The first-order chi connectivity index (χ1) is 12.8. The average molecular weight is 393 g/mol. The quantitative estimate of drug-likeness (QED) is 0.527. The fraction of sp³-hybridized carbons (Fsp3) is 0.235. The Hall–Kier alpha value is -2.93. The normalized spacial score (nSPS) is 11.5. The summed E-state index contributed by atoms with van der Waals surface area (Å²) in [5.74, 6) is 6.52. The first-order valence-corrected chi connectivity index (χ1v) is 8.71. The minimum atomic E-state index is -4.41. The Labute approximate surface area is 156 Å². The lowest BCUT2D eigenvalue weighted by molar-refractivity contribution is -0.153. The van der Waals surface area contributed by atoms with Gasteiger partial charge >= 0.3 is 6.18 Å². The zero-order chi connectivity index (χ0) is 19.6. The van der Waals surface area contributed by atoms with Crippen molar-refractivity contribution >= 4 is 22.8 Å². The van der Waals surface area contributed by atoms with Crippen molar-refractivity contribution in [2.45, 2.75) is 24.0 Å². The number of nitriles is 1. The Morgan fingerprint density at radius 3 is 2.81 bits per heavy atom. The molecule has 0 unspecified atom stereocenters. The first kappa shape index (κ1) is 18.8. The summed E-state index contributed by atoms with van der Waals surface area (Å²) in [5.41, 5.74) is 2.84. The van der Waals surface area contributed by atoms with Crippen molar-refractivity contribution in [3.05, 3.63) is 47.3 Å². The van der Waals surface area contributed by atoms with Crippen LogP contribution in [-0.2, 0) is 5.75 Å². The maximum Gasteiger partial charge on any atom is 0.422 e. The van der Waals surface area contributed by atoms with Crippen molar-refractivity contribution in [1.29, 1.82) is 5.26 Å². The molecule has 3 aromatic rings. The molecule has 0 fully saturated rings. The number of ether oxygens (including phenoxy) is 1. The van der Waals surface area contributed by atoms with Gasteiger partial charge in [0.1, 0.15) is 5.75 Å². The van der Waals surface area contributed by atoms with Crippen LogP contribution in [0.25, 0.3) is 11.0 Å². The van der Waals surface area contributed by atoms with Crippen LogP contribution in [0.1, 0.15) is 16.8 Å². The molecule has 0 aliphatic heterocycles. The number of nitrogens with zero attached hydrogens (tertiary/aromatic N) is 4. The fourth-order valence-corrected chi connectivity index (χ4v) is 3.36. The minimum Gasteiger partial charge on any atom is -0.484 e. The SMILES string of the molecule is Cc1c(OCC(F)(F)F)ccnc1CSc1nc2cc(C#N)ccc2n1N. The highest BCUT2D eigenvalue weighted by Gasteiger charge is 2.28. The highest BCUT2D eigenvalue weighted by molar-refractivity contribution is 7.98. The van der Waals surface area contributed by atoms with Crippen molar-refractivity contribution < 1.29 is 17.9 Å². The molecule has 0 aliphatic rings. The molecule has 0 saturated heterocycles. The van der Waals surface area contributed by atoms with Crippen LogP contribution in [0.3, 0.4) is 0 Å². The van der Waals surface area contributed by atoms with Gasteiger partial charge in [-0.05, 0) is 31.2 Å². The summed E-state index contributed by atoms with van der Waals surface area (Å²) < 4.78 is 43.3. The number of pyridine rings is 1. The van der Waals surface area contributed by atoms with Gasteiger partial charge < -0.3 is 10.6 Å². The Morgan fingerprint density at radius 2 is 2.11 bits per heavy atom. The maximum atomic E-state index is 12.4. The fourth-order valence-electron chi connectivity index (χ4n) is 2.40. The van der Waals surface area contributed by atoms with Gasteiger partial charge in [-0.1, -0.05) is 11.8 Å². The number of nitrogen functional groups attached to an aromatic ring is 1. The van der Waals surface area contributed by atoms with Gasteiger partial charge in [-0.25, -0.2) is 9.66 Å². The van der Waals surface area contributed by atoms with Gasteiger partial charge in [-0.15, -0.1) is 0 Å². The third-order valence-corrected chi connectivity index (χ3v) is 4.74. The number of nitrogens with two attached hydrogens (primary N) is 1. The molecular formula is C17H14F3N5OS. The van der Waals surface area contributed by atoms with Gasteiger partial charge in [0.15, 0.2) is 11.8 Å². The van der Waals surface area contributed by atoms with E-state index in [1.165, 1.54) is 28.7 Å². The third kappa shape index (κ3) is 4.25. The molecule has 27 heavy (non-hydrogen) atoms. The average Bonchev–Trinajstić information content (AvgIpc) is 2.94. The highest BCUT2D eigenvalue weighted by Crippen LogP contribution is 2.29. The maximum absolute atomic E-state index is 12.4. The molecule has 6 nitrogen and oxygen atoms in total. The lowest BCUT2D eigenvalue weighted by Crippen LogP contribution is -2.19. The van der Waals surface area contributed by atoms with Crippen molar-refractivity contribution in [2.75, 3.05) is 12.4 Å². The monoisotopic (exact) mass is 393 g/mol. The Balaban J connectivity index is 1.78. The largest absolute Gasteiger partial charge is 0.484 e. The standard InChI is InChI=1S/C17H14F3N5OS/c1-10-13(23-5-4-15(10)26-9-17(18,19)20)8-27-16-24-12-6-11(7-21)2-3-14(12)25(16)22/h2-6H,8-9,22H2,1H3. The molecule has 0 bridgehead atoms. The van der Waals surface area contributed by atoms with E-state index in [2.05, 4.69) is 9.97 Å². The number of rotatable bonds is 5. The van der Waals surface area contributed by atoms with Crippen LogP contribution in [0, 0.1) is 18.3 Å². The van der Waals surface area contributed by atoms with Crippen LogP contribution >= 0.6 is 11.8 Å². The van der Waals surface area contributed by atoms with Crippen LogP contribution in [0.4, 0.5) is 13.2 Å². The predicted octanol–water partition coefficient (Wildman–Crippen LogP) is 3.56. The molecule has 0 spiro atoms. The smallest absolute Gasteiger partial charge is 0.422 e. The van der Waals surface area contributed by atoms with Crippen molar-refractivity contribution in [3.63, 3.8) is 0 Å². The van der Waals surface area contributed by atoms with E-state index in [0.717, 1.165) is 0 Å². The molecule has 0 aliphatic carbocycles. The predicted molar refractivity (Wildman–Crippen MR) is 94.7 cm³/mol. The molecule has 0 atom stereocenters. The number of benzene rings is 1. The number of imidazole rings is 1. The van der Waals surface area contributed by atoms with Crippen LogP contribution < -0.4 is 10.6 Å². The zero-order valence-electron chi connectivity index (χ0n) is 14.1. The number of halogens is 3. The number of aromatic nitrogens is 3. The van der Waals surface area contributed by atoms with E-state index in [9.17, 15) is 13.2 Å². The van der Waals surface area contributed by atoms with E-state index >= 15 is 0 Å². The molecule has 1 aromatic carbocycles. The molecule has 0 amide bonds. The topological polar surface area (TPSA) is 89.8 Å². The molecule has 10 heteroatoms. The van der Waals surface area contributed by atoms with Gasteiger partial charge in [0.25, 0.3) is 0 Å². The number of thioether (sulfide) groups is 1. The van der Waals surface area contributed by atoms with Gasteiger partial charge in [0, 0.05) is 17.5 Å². The summed E-state index contributed by atoms with van der Waals surface area (Å²) in [5, 5.41) is 9.47. The third-order valence-electron chi connectivity index (χ3n) is 3.77. The molecule has 2 aromatic heterocycles. The van der Waals surface area contributed by atoms with E-state index < -0.39 is 12.8 Å². The minimum absolute atomic E-state index is 0.137. The number of hydrogen-bond acceptors (Lipinski definition) is 6. The second kappa shape index (κ2) is 7.36. The number of hydrogen-bond donors (Lipinski definition) is 1. The van der Waals surface area contributed by atoms with E-state index in [1.807, 2.05) is 6.07 Å². The molecule has 0 saturated carbocycles. The van der Waals surface area contributed by atoms with E-state index in [-0.39, 0.29) is 5.75 Å². The summed E-state index contributed by atoms with van der Waals surface area (Å²) in [6, 6.07) is 8.43. The molecule has 2 N–H and O–H groups in total. The molecule has 0 radical (unpaired) electrons. The summed E-state index contributed by atoms with van der Waals surface area (Å²) in [4.78, 5) is 8.61. The van der Waals surface area contributed by atoms with E-state index in [1.54, 1.807) is 25.1 Å². The lowest BCUT2D eigenvalue weighted by Gasteiger charge is -2.13. The Kier molecular flexibility index (Phi) is 5.14. The van der Waals surface area contributed by atoms with Crippen molar-refractivity contribution in [3.8, 4) is 11.8 Å². The van der Waals surface area contributed by atoms with Crippen LogP contribution in [0.2, 0.25) is 0 Å². The molecular weight excluding hydrogens is 379 g/mol. The van der Waals surface area contributed by atoms with Crippen molar-refractivity contribution in [2.24, 2.45) is 0 Å². The Morgan fingerprint density at radius 1 is 1.33 bits per heavy atom. The van der Waals surface area contributed by atoms with Gasteiger partial charge in [0.05, 0.1) is 28.4 Å². The zero-order valence-corrected chi connectivity index (χ0v) is 14.9. The second-order valence-electron chi connectivity index (χ2n) is 5.65. The van der Waals surface area contributed by atoms with Gasteiger partial charge in [0.2, 0.25) is 0 Å². The van der Waals surface area contributed by atoms with E-state index in [4.69, 9.17) is 15.8 Å². The van der Waals surface area contributed by atoms with Crippen LogP contribution in [0.5, 0.6) is 5.75 Å². The second-order valence-corrected chi connectivity index (χ2v) is 6.60. The van der Waals surface area contributed by atoms with Crippen molar-refractivity contribution in [1.82, 2.24) is 14.6 Å². The number of fused-ring (bicyclic) bond motifs is 1.